The molecule has 2 saturated carbocycles. The van der Waals surface area contributed by atoms with Gasteiger partial charge in [0, 0.05) is 29.4 Å². The van der Waals surface area contributed by atoms with Crippen molar-refractivity contribution < 1.29 is 18.7 Å². The van der Waals surface area contributed by atoms with Crippen molar-refractivity contribution in [2.24, 2.45) is 0 Å². The molecule has 3 heterocycles. The molecular formula is C21H24Cl2N2O4. The van der Waals surface area contributed by atoms with Crippen molar-refractivity contribution in [2.75, 3.05) is 13.2 Å². The van der Waals surface area contributed by atoms with Crippen molar-refractivity contribution in [3.05, 3.63) is 33.8 Å². The first-order valence-corrected chi connectivity index (χ1v) is 11.1. The normalized spacial score (nSPS) is 27.4. The lowest BCUT2D eigenvalue weighted by Gasteiger charge is -2.20. The Bertz CT molecular complexity index is 834. The van der Waals surface area contributed by atoms with Crippen LogP contribution in [0.5, 0.6) is 0 Å². The number of rotatable bonds is 5. The van der Waals surface area contributed by atoms with Gasteiger partial charge in [-0.2, -0.15) is 0 Å². The summed E-state index contributed by atoms with van der Waals surface area (Å²) in [5, 5.41) is 5.23. The second-order valence-electron chi connectivity index (χ2n) is 8.09. The number of pyridine rings is 1. The van der Waals surface area contributed by atoms with E-state index in [4.69, 9.17) is 41.9 Å². The summed E-state index contributed by atoms with van der Waals surface area (Å²) in [7, 11) is 0. The second-order valence-corrected chi connectivity index (χ2v) is 8.91. The number of fused-ring (bicyclic) bond motifs is 3. The molecule has 3 aliphatic rings. The number of aromatic nitrogens is 2. The van der Waals surface area contributed by atoms with Crippen molar-refractivity contribution in [2.45, 2.75) is 69.4 Å². The molecule has 1 saturated heterocycles. The second kappa shape index (κ2) is 8.52. The Morgan fingerprint density at radius 2 is 1.62 bits per heavy atom. The van der Waals surface area contributed by atoms with Crippen LogP contribution in [0.1, 0.15) is 55.8 Å². The van der Waals surface area contributed by atoms with E-state index in [1.54, 1.807) is 12.4 Å². The largest absolute Gasteiger partial charge is 0.376 e. The van der Waals surface area contributed by atoms with Crippen LogP contribution in [-0.2, 0) is 20.8 Å². The van der Waals surface area contributed by atoms with Gasteiger partial charge in [0.2, 0.25) is 0 Å². The average molecular weight is 439 g/mol. The molecule has 5 rings (SSSR count). The molecule has 0 N–H and O–H groups in total. The SMILES string of the molecule is Clc1cncc(Cl)c1-c1noc(C2CC2)c1CO[C@@H]1C[C@H]2CC[C@@H](C1)OCCO2. The summed E-state index contributed by atoms with van der Waals surface area (Å²) >= 11 is 12.8. The third kappa shape index (κ3) is 4.32. The Morgan fingerprint density at radius 1 is 0.966 bits per heavy atom. The molecule has 3 fully saturated rings. The predicted octanol–water partition coefficient (Wildman–Crippen LogP) is 5.16. The van der Waals surface area contributed by atoms with Gasteiger partial charge < -0.3 is 18.7 Å². The highest BCUT2D eigenvalue weighted by Gasteiger charge is 2.35. The Hall–Kier alpha value is -1.18. The van der Waals surface area contributed by atoms with E-state index in [2.05, 4.69) is 10.1 Å². The van der Waals surface area contributed by atoms with E-state index >= 15 is 0 Å². The monoisotopic (exact) mass is 438 g/mol. The van der Waals surface area contributed by atoms with Crippen LogP contribution in [0.2, 0.25) is 10.0 Å². The first-order valence-electron chi connectivity index (χ1n) is 10.3. The number of halogens is 2. The fourth-order valence-corrected chi connectivity index (χ4v) is 4.87. The zero-order valence-electron chi connectivity index (χ0n) is 16.1. The molecule has 6 nitrogen and oxygen atoms in total. The minimum atomic E-state index is 0.0730. The molecule has 2 aromatic heterocycles. The van der Waals surface area contributed by atoms with E-state index in [1.165, 1.54) is 0 Å². The smallest absolute Gasteiger partial charge is 0.145 e. The van der Waals surface area contributed by atoms with Crippen LogP contribution in [0, 0.1) is 0 Å². The molecule has 156 valence electrons. The molecule has 0 aromatic carbocycles. The lowest BCUT2D eigenvalue weighted by molar-refractivity contribution is -0.0451. The summed E-state index contributed by atoms with van der Waals surface area (Å²) in [5.41, 5.74) is 2.25. The van der Waals surface area contributed by atoms with E-state index in [1.807, 2.05) is 0 Å². The minimum Gasteiger partial charge on any atom is -0.376 e. The molecule has 0 amide bonds. The molecular weight excluding hydrogens is 415 g/mol. The molecule has 2 aliphatic carbocycles. The number of ether oxygens (including phenoxy) is 3. The fourth-order valence-electron chi connectivity index (χ4n) is 4.32. The maximum atomic E-state index is 6.40. The lowest BCUT2D eigenvalue weighted by atomic mass is 10.1. The average Bonchev–Trinajstić information content (AvgIpc) is 3.46. The Labute approximate surface area is 179 Å². The van der Waals surface area contributed by atoms with E-state index in [9.17, 15) is 0 Å². The van der Waals surface area contributed by atoms with Crippen molar-refractivity contribution >= 4 is 23.2 Å². The summed E-state index contributed by atoms with van der Waals surface area (Å²) in [5.74, 6) is 1.29. The number of hydrogen-bond donors (Lipinski definition) is 0. The van der Waals surface area contributed by atoms with Gasteiger partial charge in [0.1, 0.15) is 11.5 Å². The van der Waals surface area contributed by atoms with Gasteiger partial charge in [-0.15, -0.1) is 0 Å². The van der Waals surface area contributed by atoms with Crippen LogP contribution < -0.4 is 0 Å². The van der Waals surface area contributed by atoms with Crippen LogP contribution in [0.3, 0.4) is 0 Å². The standard InChI is InChI=1S/C21H24Cl2N2O4/c22-17-9-24-10-18(23)19(17)20-16(21(29-25-20)12-1-2-12)11-28-15-7-13-3-4-14(8-15)27-6-5-26-13/h9-10,12-15H,1-8,11H2/t13-,14+,15-. The molecule has 0 unspecified atom stereocenters. The topological polar surface area (TPSA) is 66.6 Å². The van der Waals surface area contributed by atoms with Gasteiger partial charge in [0.15, 0.2) is 0 Å². The molecule has 0 spiro atoms. The fraction of sp³-hybridized carbons (Fsp3) is 0.619. The molecule has 8 heteroatoms. The zero-order chi connectivity index (χ0) is 19.8. The Kier molecular flexibility index (Phi) is 5.80. The molecule has 2 bridgehead atoms. The van der Waals surface area contributed by atoms with E-state index in [0.717, 1.165) is 49.8 Å². The highest BCUT2D eigenvalue weighted by atomic mass is 35.5. The van der Waals surface area contributed by atoms with Crippen molar-refractivity contribution in [1.29, 1.82) is 0 Å². The summed E-state index contributed by atoms with van der Waals surface area (Å²) in [4.78, 5) is 4.04. The van der Waals surface area contributed by atoms with Crippen molar-refractivity contribution in [1.82, 2.24) is 10.1 Å². The first-order chi connectivity index (χ1) is 14.2. The van der Waals surface area contributed by atoms with Gasteiger partial charge >= 0.3 is 0 Å². The van der Waals surface area contributed by atoms with Crippen molar-refractivity contribution in [3.8, 4) is 11.3 Å². The summed E-state index contributed by atoms with van der Waals surface area (Å²) in [6.45, 7) is 1.73. The highest BCUT2D eigenvalue weighted by Crippen LogP contribution is 2.46. The van der Waals surface area contributed by atoms with E-state index in [-0.39, 0.29) is 18.3 Å². The molecule has 0 radical (unpaired) electrons. The van der Waals surface area contributed by atoms with Gasteiger partial charge in [-0.3, -0.25) is 4.98 Å². The number of nitrogens with zero attached hydrogens (tertiary/aromatic N) is 2. The van der Waals surface area contributed by atoms with Gasteiger partial charge in [-0.05, 0) is 38.5 Å². The Morgan fingerprint density at radius 3 is 2.24 bits per heavy atom. The molecule has 3 atom stereocenters. The predicted molar refractivity (Wildman–Crippen MR) is 108 cm³/mol. The van der Waals surface area contributed by atoms with Gasteiger partial charge in [0.25, 0.3) is 0 Å². The minimum absolute atomic E-state index is 0.0730. The van der Waals surface area contributed by atoms with Crippen LogP contribution in [-0.4, -0.2) is 41.7 Å². The van der Waals surface area contributed by atoms with E-state index in [0.29, 0.717) is 47.0 Å². The number of hydrogen-bond acceptors (Lipinski definition) is 6. The molecule has 29 heavy (non-hydrogen) atoms. The van der Waals surface area contributed by atoms with Crippen LogP contribution in [0.4, 0.5) is 0 Å². The van der Waals surface area contributed by atoms with Gasteiger partial charge in [-0.25, -0.2) is 0 Å². The van der Waals surface area contributed by atoms with Crippen molar-refractivity contribution in [3.63, 3.8) is 0 Å². The first kappa shape index (κ1) is 19.8. The third-order valence-electron chi connectivity index (χ3n) is 5.97. The zero-order valence-corrected chi connectivity index (χ0v) is 17.6. The molecule has 2 aromatic rings. The lowest BCUT2D eigenvalue weighted by Crippen LogP contribution is -2.22. The third-order valence-corrected chi connectivity index (χ3v) is 6.55. The van der Waals surface area contributed by atoms with Crippen LogP contribution in [0.15, 0.2) is 16.9 Å². The summed E-state index contributed by atoms with van der Waals surface area (Å²) in [6.07, 6.45) is 9.73. The summed E-state index contributed by atoms with van der Waals surface area (Å²) < 4.78 is 24.0. The van der Waals surface area contributed by atoms with Crippen LogP contribution >= 0.6 is 23.2 Å². The Balaban J connectivity index is 1.40. The van der Waals surface area contributed by atoms with Gasteiger partial charge in [0.05, 0.1) is 48.2 Å². The quantitative estimate of drug-likeness (QED) is 0.641. The van der Waals surface area contributed by atoms with E-state index < -0.39 is 0 Å². The maximum absolute atomic E-state index is 6.40. The van der Waals surface area contributed by atoms with Crippen LogP contribution in [0.25, 0.3) is 11.3 Å². The summed E-state index contributed by atoms with van der Waals surface area (Å²) in [6, 6.07) is 0. The highest BCUT2D eigenvalue weighted by molar-refractivity contribution is 6.38. The molecule has 1 aliphatic heterocycles. The maximum Gasteiger partial charge on any atom is 0.145 e. The van der Waals surface area contributed by atoms with Gasteiger partial charge in [-0.1, -0.05) is 28.4 Å².